The van der Waals surface area contributed by atoms with Crippen LogP contribution in [0.3, 0.4) is 0 Å². The van der Waals surface area contributed by atoms with Gasteiger partial charge in [-0.3, -0.25) is 4.79 Å². The van der Waals surface area contributed by atoms with Gasteiger partial charge in [-0.2, -0.15) is 0 Å². The second-order valence-corrected chi connectivity index (χ2v) is 7.44. The molecule has 0 bridgehead atoms. The molecular weight excluding hydrogens is 286 g/mol. The number of hydrogen-bond donors (Lipinski definition) is 1. The fourth-order valence-electron chi connectivity index (χ4n) is 3.19. The molecule has 2 aromatic rings. The van der Waals surface area contributed by atoms with Crippen LogP contribution in [0.25, 0.3) is 11.1 Å². The maximum atomic E-state index is 12.1. The molecule has 1 aromatic heterocycles. The minimum atomic E-state index is -0.0139. The van der Waals surface area contributed by atoms with E-state index in [1.165, 1.54) is 11.1 Å². The first-order chi connectivity index (χ1) is 10.6. The Hall–Kier alpha value is -1.87. The van der Waals surface area contributed by atoms with Gasteiger partial charge < -0.3 is 9.67 Å². The lowest BCUT2D eigenvalue weighted by Gasteiger charge is -2.24. The standard InChI is InChI=1S/C20H27NO2/c1-12-8-16(15(11-22)9-18(12)20(4,5)6)17-10-21(7)19(23)14(3)13(17)2/h8-10,22H,11H2,1-7H3. The van der Waals surface area contributed by atoms with Crippen LogP contribution in [0.1, 0.15) is 48.6 Å². The molecule has 1 aromatic carbocycles. The molecule has 1 N–H and O–H groups in total. The van der Waals surface area contributed by atoms with Gasteiger partial charge >= 0.3 is 0 Å². The molecule has 0 atom stereocenters. The third-order valence-electron chi connectivity index (χ3n) is 4.65. The number of aromatic nitrogens is 1. The summed E-state index contributed by atoms with van der Waals surface area (Å²) in [5, 5.41) is 9.88. The largest absolute Gasteiger partial charge is 0.392 e. The minimum absolute atomic E-state index is 0.0139. The van der Waals surface area contributed by atoms with Crippen molar-refractivity contribution < 1.29 is 5.11 Å². The Balaban J connectivity index is 2.80. The number of aryl methyl sites for hydroxylation is 2. The zero-order valence-corrected chi connectivity index (χ0v) is 15.2. The van der Waals surface area contributed by atoms with Crippen LogP contribution < -0.4 is 5.56 Å². The SMILES string of the molecule is Cc1cc(-c2cn(C)c(=O)c(C)c2C)c(CO)cc1C(C)(C)C. The molecule has 0 spiro atoms. The van der Waals surface area contributed by atoms with Crippen molar-refractivity contribution in [2.24, 2.45) is 7.05 Å². The zero-order valence-electron chi connectivity index (χ0n) is 15.2. The number of benzene rings is 1. The summed E-state index contributed by atoms with van der Waals surface area (Å²) >= 11 is 0. The molecule has 3 nitrogen and oxygen atoms in total. The lowest BCUT2D eigenvalue weighted by Crippen LogP contribution is -2.20. The maximum absolute atomic E-state index is 12.1. The molecule has 0 unspecified atom stereocenters. The summed E-state index contributed by atoms with van der Waals surface area (Å²) in [6, 6.07) is 4.24. The lowest BCUT2D eigenvalue weighted by molar-refractivity contribution is 0.282. The molecule has 1 heterocycles. The molecule has 0 amide bonds. The molecule has 0 fully saturated rings. The van der Waals surface area contributed by atoms with Gasteiger partial charge in [-0.05, 0) is 54.0 Å². The fourth-order valence-corrected chi connectivity index (χ4v) is 3.19. The molecule has 0 aliphatic rings. The molecule has 0 aliphatic heterocycles. The number of pyridine rings is 1. The van der Waals surface area contributed by atoms with Crippen molar-refractivity contribution in [2.75, 3.05) is 0 Å². The molecule has 0 saturated heterocycles. The third kappa shape index (κ3) is 3.11. The van der Waals surface area contributed by atoms with E-state index in [4.69, 9.17) is 0 Å². The van der Waals surface area contributed by atoms with Crippen molar-refractivity contribution in [1.82, 2.24) is 4.57 Å². The summed E-state index contributed by atoms with van der Waals surface area (Å²) in [4.78, 5) is 12.1. The van der Waals surface area contributed by atoms with E-state index in [1.807, 2.05) is 20.0 Å². The Labute approximate surface area is 138 Å². The highest BCUT2D eigenvalue weighted by atomic mass is 16.3. The summed E-state index contributed by atoms with van der Waals surface area (Å²) in [6.45, 7) is 12.5. The number of nitrogens with zero attached hydrogens (tertiary/aromatic N) is 1. The predicted molar refractivity (Wildman–Crippen MR) is 96.0 cm³/mol. The first-order valence-corrected chi connectivity index (χ1v) is 8.00. The number of rotatable bonds is 2. The number of hydrogen-bond acceptors (Lipinski definition) is 2. The second-order valence-electron chi connectivity index (χ2n) is 7.44. The quantitative estimate of drug-likeness (QED) is 0.917. The Morgan fingerprint density at radius 3 is 2.17 bits per heavy atom. The topological polar surface area (TPSA) is 42.2 Å². The van der Waals surface area contributed by atoms with Crippen LogP contribution in [-0.4, -0.2) is 9.67 Å². The van der Waals surface area contributed by atoms with Crippen LogP contribution in [0.2, 0.25) is 0 Å². The normalized spacial score (nSPS) is 11.8. The molecule has 2 rings (SSSR count). The summed E-state index contributed by atoms with van der Waals surface area (Å²) < 4.78 is 1.62. The van der Waals surface area contributed by atoms with Crippen molar-refractivity contribution in [2.45, 2.75) is 53.6 Å². The Kier molecular flexibility index (Phi) is 4.54. The summed E-state index contributed by atoms with van der Waals surface area (Å²) in [7, 11) is 1.77. The lowest BCUT2D eigenvalue weighted by atomic mass is 9.81. The van der Waals surface area contributed by atoms with E-state index < -0.39 is 0 Å². The second kappa shape index (κ2) is 5.97. The molecule has 23 heavy (non-hydrogen) atoms. The van der Waals surface area contributed by atoms with Gasteiger partial charge in [-0.15, -0.1) is 0 Å². The van der Waals surface area contributed by atoms with Crippen LogP contribution in [-0.2, 0) is 19.1 Å². The van der Waals surface area contributed by atoms with E-state index >= 15 is 0 Å². The van der Waals surface area contributed by atoms with Crippen molar-refractivity contribution in [3.05, 3.63) is 56.5 Å². The highest BCUT2D eigenvalue weighted by Gasteiger charge is 2.20. The van der Waals surface area contributed by atoms with Crippen LogP contribution in [0.4, 0.5) is 0 Å². The van der Waals surface area contributed by atoms with E-state index in [2.05, 4.69) is 39.8 Å². The Bertz CT molecular complexity index is 808. The third-order valence-corrected chi connectivity index (χ3v) is 4.65. The first-order valence-electron chi connectivity index (χ1n) is 8.00. The number of aliphatic hydroxyl groups excluding tert-OH is 1. The molecule has 3 heteroatoms. The van der Waals surface area contributed by atoms with Gasteiger partial charge in [-0.1, -0.05) is 32.9 Å². The van der Waals surface area contributed by atoms with Crippen LogP contribution >= 0.6 is 0 Å². The van der Waals surface area contributed by atoms with E-state index in [9.17, 15) is 9.90 Å². The highest BCUT2D eigenvalue weighted by Crippen LogP contribution is 2.34. The average molecular weight is 313 g/mol. The van der Waals surface area contributed by atoms with E-state index in [1.54, 1.807) is 11.6 Å². The van der Waals surface area contributed by atoms with E-state index in [0.29, 0.717) is 0 Å². The van der Waals surface area contributed by atoms with Crippen LogP contribution in [0.15, 0.2) is 23.1 Å². The molecule has 0 saturated carbocycles. The minimum Gasteiger partial charge on any atom is -0.392 e. The summed E-state index contributed by atoms with van der Waals surface area (Å²) in [5.74, 6) is 0. The van der Waals surface area contributed by atoms with E-state index in [0.717, 1.165) is 27.8 Å². The van der Waals surface area contributed by atoms with Gasteiger partial charge in [0.15, 0.2) is 0 Å². The maximum Gasteiger partial charge on any atom is 0.253 e. The van der Waals surface area contributed by atoms with Crippen LogP contribution in [0.5, 0.6) is 0 Å². The monoisotopic (exact) mass is 313 g/mol. The Morgan fingerprint density at radius 1 is 1.04 bits per heavy atom. The smallest absolute Gasteiger partial charge is 0.253 e. The fraction of sp³-hybridized carbons (Fsp3) is 0.450. The van der Waals surface area contributed by atoms with Gasteiger partial charge in [0, 0.05) is 24.4 Å². The van der Waals surface area contributed by atoms with Crippen LogP contribution in [0, 0.1) is 20.8 Å². The molecular formula is C20H27NO2. The van der Waals surface area contributed by atoms with Gasteiger partial charge in [0.05, 0.1) is 6.61 Å². The van der Waals surface area contributed by atoms with Gasteiger partial charge in [0.1, 0.15) is 0 Å². The van der Waals surface area contributed by atoms with Crippen molar-refractivity contribution in [3.8, 4) is 11.1 Å². The first kappa shape index (κ1) is 17.5. The highest BCUT2D eigenvalue weighted by molar-refractivity contribution is 5.72. The average Bonchev–Trinajstić information content (AvgIpc) is 2.47. The van der Waals surface area contributed by atoms with E-state index in [-0.39, 0.29) is 17.6 Å². The Morgan fingerprint density at radius 2 is 1.65 bits per heavy atom. The molecule has 0 radical (unpaired) electrons. The summed E-state index contributed by atoms with van der Waals surface area (Å²) in [5.41, 5.74) is 7.16. The molecule has 0 aliphatic carbocycles. The van der Waals surface area contributed by atoms with Gasteiger partial charge in [-0.25, -0.2) is 0 Å². The molecule has 124 valence electrons. The van der Waals surface area contributed by atoms with Crippen molar-refractivity contribution >= 4 is 0 Å². The summed E-state index contributed by atoms with van der Waals surface area (Å²) in [6.07, 6.45) is 1.87. The van der Waals surface area contributed by atoms with Gasteiger partial charge in [0.25, 0.3) is 5.56 Å². The van der Waals surface area contributed by atoms with Gasteiger partial charge in [0.2, 0.25) is 0 Å². The number of aliphatic hydroxyl groups is 1. The predicted octanol–water partition coefficient (Wildman–Crippen LogP) is 3.77. The van der Waals surface area contributed by atoms with Crippen molar-refractivity contribution in [1.29, 1.82) is 0 Å². The zero-order chi connectivity index (χ0) is 17.5. The van der Waals surface area contributed by atoms with Crippen molar-refractivity contribution in [3.63, 3.8) is 0 Å².